The summed E-state index contributed by atoms with van der Waals surface area (Å²) in [6, 6.07) is 13.6. The van der Waals surface area contributed by atoms with Gasteiger partial charge in [-0.2, -0.15) is 0 Å². The number of ether oxygens (including phenoxy) is 1. The summed E-state index contributed by atoms with van der Waals surface area (Å²) in [5.41, 5.74) is 3.07. The van der Waals surface area contributed by atoms with Crippen molar-refractivity contribution in [3.05, 3.63) is 64.4 Å². The van der Waals surface area contributed by atoms with Crippen LogP contribution in [0.15, 0.2) is 47.6 Å². The van der Waals surface area contributed by atoms with Gasteiger partial charge in [-0.1, -0.05) is 49.3 Å². The predicted molar refractivity (Wildman–Crippen MR) is 131 cm³/mol. The van der Waals surface area contributed by atoms with E-state index < -0.39 is 0 Å². The summed E-state index contributed by atoms with van der Waals surface area (Å²) in [4.78, 5) is 12.3. The van der Waals surface area contributed by atoms with Crippen LogP contribution in [-0.4, -0.2) is 33.0 Å². The molecule has 0 atom stereocenters. The highest BCUT2D eigenvalue weighted by Crippen LogP contribution is 2.22. The molecule has 0 saturated carbocycles. The summed E-state index contributed by atoms with van der Waals surface area (Å²) in [6.07, 6.45) is 1.55. The fraction of sp³-hybridized carbons (Fsp3) is 0.375. The first-order chi connectivity index (χ1) is 15.3. The maximum absolute atomic E-state index is 12.3. The molecule has 0 spiro atoms. The van der Waals surface area contributed by atoms with Crippen molar-refractivity contribution < 1.29 is 9.53 Å². The van der Waals surface area contributed by atoms with Crippen LogP contribution in [0, 0.1) is 6.92 Å². The maximum atomic E-state index is 12.3. The molecule has 1 heterocycles. The first-order valence-corrected chi connectivity index (χ1v) is 12.0. The summed E-state index contributed by atoms with van der Waals surface area (Å²) in [5.74, 6) is 2.39. The molecule has 3 aromatic rings. The Labute approximate surface area is 198 Å². The number of benzene rings is 2. The van der Waals surface area contributed by atoms with Gasteiger partial charge in [-0.3, -0.25) is 4.79 Å². The number of aromatic nitrogens is 3. The van der Waals surface area contributed by atoms with Crippen LogP contribution in [0.3, 0.4) is 0 Å². The van der Waals surface area contributed by atoms with Crippen LogP contribution >= 0.6 is 23.4 Å². The molecule has 0 radical (unpaired) electrons. The van der Waals surface area contributed by atoms with E-state index in [-0.39, 0.29) is 11.7 Å². The van der Waals surface area contributed by atoms with Crippen LogP contribution in [0.25, 0.3) is 0 Å². The third-order valence-corrected chi connectivity index (χ3v) is 6.31. The zero-order valence-corrected chi connectivity index (χ0v) is 20.5. The standard InChI is InChI=1S/C24H29ClN4O2S/c1-16(2)18-7-10-20(11-8-18)26-23(30)15-32-24-28-27-22(29(24)4)6-5-13-31-21-12-9-19(25)14-17(21)3/h7-12,14,16H,5-6,13,15H2,1-4H3,(H,26,30). The number of carbonyl (C=O) groups excluding carboxylic acids is 1. The third-order valence-electron chi connectivity index (χ3n) is 5.06. The Morgan fingerprint density at radius 1 is 1.19 bits per heavy atom. The number of rotatable bonds is 10. The van der Waals surface area contributed by atoms with Gasteiger partial charge in [-0.15, -0.1) is 10.2 Å². The van der Waals surface area contributed by atoms with Crippen LogP contribution in [0.4, 0.5) is 5.69 Å². The SMILES string of the molecule is Cc1cc(Cl)ccc1OCCCc1nnc(SCC(=O)Nc2ccc(C(C)C)cc2)n1C. The molecule has 6 nitrogen and oxygen atoms in total. The van der Waals surface area contributed by atoms with Crippen molar-refractivity contribution >= 4 is 35.0 Å². The smallest absolute Gasteiger partial charge is 0.234 e. The van der Waals surface area contributed by atoms with Crippen LogP contribution in [0.1, 0.15) is 43.1 Å². The van der Waals surface area contributed by atoms with Gasteiger partial charge in [0.15, 0.2) is 5.16 Å². The van der Waals surface area contributed by atoms with Crippen molar-refractivity contribution in [2.45, 2.75) is 44.7 Å². The van der Waals surface area contributed by atoms with Gasteiger partial charge >= 0.3 is 0 Å². The quantitative estimate of drug-likeness (QED) is 0.305. The van der Waals surface area contributed by atoms with Gasteiger partial charge in [0.25, 0.3) is 0 Å². The van der Waals surface area contributed by atoms with Gasteiger partial charge in [0.05, 0.1) is 12.4 Å². The molecule has 1 aromatic heterocycles. The highest BCUT2D eigenvalue weighted by atomic mass is 35.5. The monoisotopic (exact) mass is 472 g/mol. The number of nitrogens with one attached hydrogen (secondary N) is 1. The molecule has 0 fully saturated rings. The van der Waals surface area contributed by atoms with E-state index >= 15 is 0 Å². The van der Waals surface area contributed by atoms with Crippen molar-refractivity contribution in [1.82, 2.24) is 14.8 Å². The molecule has 0 aliphatic rings. The number of hydrogen-bond donors (Lipinski definition) is 1. The van der Waals surface area contributed by atoms with Gasteiger partial charge in [-0.05, 0) is 60.7 Å². The lowest BCUT2D eigenvalue weighted by atomic mass is 10.0. The van der Waals surface area contributed by atoms with Gasteiger partial charge in [0.1, 0.15) is 11.6 Å². The Bertz CT molecular complexity index is 1050. The van der Waals surface area contributed by atoms with E-state index in [9.17, 15) is 4.79 Å². The normalized spacial score (nSPS) is 11.1. The molecule has 0 bridgehead atoms. The number of thioether (sulfide) groups is 1. The average molecular weight is 473 g/mol. The van der Waals surface area contributed by atoms with E-state index in [2.05, 4.69) is 29.4 Å². The molecule has 1 amide bonds. The zero-order chi connectivity index (χ0) is 23.1. The van der Waals surface area contributed by atoms with E-state index in [1.165, 1.54) is 17.3 Å². The minimum absolute atomic E-state index is 0.0661. The Balaban J connectivity index is 1.43. The topological polar surface area (TPSA) is 69.0 Å². The molecular weight excluding hydrogens is 444 g/mol. The van der Waals surface area contributed by atoms with E-state index in [1.807, 2.05) is 61.0 Å². The molecule has 0 aliphatic heterocycles. The van der Waals surface area contributed by atoms with Gasteiger partial charge in [0.2, 0.25) is 5.91 Å². The minimum atomic E-state index is -0.0661. The minimum Gasteiger partial charge on any atom is -0.493 e. The van der Waals surface area contributed by atoms with Crippen LogP contribution in [0.5, 0.6) is 5.75 Å². The van der Waals surface area contributed by atoms with E-state index in [4.69, 9.17) is 16.3 Å². The lowest BCUT2D eigenvalue weighted by molar-refractivity contribution is -0.113. The second kappa shape index (κ2) is 11.4. The Morgan fingerprint density at radius 2 is 1.94 bits per heavy atom. The average Bonchev–Trinajstić information content (AvgIpc) is 3.11. The molecule has 3 rings (SSSR count). The summed E-state index contributed by atoms with van der Waals surface area (Å²) in [6.45, 7) is 6.85. The Kier molecular flexibility index (Phi) is 8.59. The summed E-state index contributed by atoms with van der Waals surface area (Å²) in [7, 11) is 1.92. The first-order valence-electron chi connectivity index (χ1n) is 10.6. The van der Waals surface area contributed by atoms with Crippen LogP contribution in [-0.2, 0) is 18.3 Å². The fourth-order valence-corrected chi connectivity index (χ4v) is 4.11. The van der Waals surface area contributed by atoms with Crippen molar-refractivity contribution in [1.29, 1.82) is 0 Å². The highest BCUT2D eigenvalue weighted by molar-refractivity contribution is 7.99. The number of nitrogens with zero attached hydrogens (tertiary/aromatic N) is 3. The highest BCUT2D eigenvalue weighted by Gasteiger charge is 2.12. The zero-order valence-electron chi connectivity index (χ0n) is 18.9. The summed E-state index contributed by atoms with van der Waals surface area (Å²) >= 11 is 7.36. The van der Waals surface area contributed by atoms with E-state index in [0.29, 0.717) is 17.5 Å². The number of hydrogen-bond acceptors (Lipinski definition) is 5. The number of halogens is 1. The molecule has 2 aromatic carbocycles. The Morgan fingerprint density at radius 3 is 2.62 bits per heavy atom. The van der Waals surface area contributed by atoms with Crippen molar-refractivity contribution in [2.24, 2.45) is 7.05 Å². The van der Waals surface area contributed by atoms with Gasteiger partial charge < -0.3 is 14.6 Å². The summed E-state index contributed by atoms with van der Waals surface area (Å²) in [5, 5.41) is 12.8. The fourth-order valence-electron chi connectivity index (χ4n) is 3.15. The van der Waals surface area contributed by atoms with E-state index in [1.54, 1.807) is 0 Å². The third kappa shape index (κ3) is 6.74. The molecule has 32 heavy (non-hydrogen) atoms. The number of aryl methyl sites for hydroxylation is 2. The number of carbonyl (C=O) groups is 1. The van der Waals surface area contributed by atoms with Crippen LogP contribution < -0.4 is 10.1 Å². The maximum Gasteiger partial charge on any atom is 0.234 e. The lowest BCUT2D eigenvalue weighted by Gasteiger charge is -2.09. The molecule has 0 saturated heterocycles. The number of amides is 1. The number of anilines is 1. The molecule has 1 N–H and O–H groups in total. The largest absolute Gasteiger partial charge is 0.493 e. The van der Waals surface area contributed by atoms with Gasteiger partial charge in [0, 0.05) is 24.2 Å². The Hall–Kier alpha value is -2.51. The van der Waals surface area contributed by atoms with Crippen molar-refractivity contribution in [3.8, 4) is 5.75 Å². The summed E-state index contributed by atoms with van der Waals surface area (Å²) < 4.78 is 7.78. The lowest BCUT2D eigenvalue weighted by Crippen LogP contribution is -2.14. The van der Waals surface area contributed by atoms with Crippen molar-refractivity contribution in [2.75, 3.05) is 17.7 Å². The van der Waals surface area contributed by atoms with E-state index in [0.717, 1.165) is 40.8 Å². The van der Waals surface area contributed by atoms with Crippen molar-refractivity contribution in [3.63, 3.8) is 0 Å². The second-order valence-electron chi connectivity index (χ2n) is 7.93. The molecule has 0 unspecified atom stereocenters. The van der Waals surface area contributed by atoms with Gasteiger partial charge in [-0.25, -0.2) is 0 Å². The van der Waals surface area contributed by atoms with Crippen LogP contribution in [0.2, 0.25) is 5.02 Å². The molecular formula is C24H29ClN4O2S. The second-order valence-corrected chi connectivity index (χ2v) is 9.31. The first kappa shape index (κ1) is 24.1. The molecule has 0 aliphatic carbocycles. The molecule has 8 heteroatoms. The predicted octanol–water partition coefficient (Wildman–Crippen LogP) is 5.64. The molecule has 170 valence electrons.